The number of hydrogen-bond acceptors (Lipinski definition) is 5. The number of nitrogens with zero attached hydrogens (tertiary/aromatic N) is 3. The highest BCUT2D eigenvalue weighted by atomic mass is 16.5. The van der Waals surface area contributed by atoms with Crippen LogP contribution in [0.25, 0.3) is 0 Å². The molecule has 0 saturated carbocycles. The summed E-state index contributed by atoms with van der Waals surface area (Å²) in [6, 6.07) is 0. The molecule has 6 heteroatoms. The highest BCUT2D eigenvalue weighted by Crippen LogP contribution is 2.19. The molecule has 1 aliphatic rings. The van der Waals surface area contributed by atoms with Gasteiger partial charge in [-0.15, -0.1) is 0 Å². The summed E-state index contributed by atoms with van der Waals surface area (Å²) in [6.45, 7) is 3.87. The number of hydrogen-bond donors (Lipinski definition) is 0. The third-order valence-electron chi connectivity index (χ3n) is 2.15. The Balaban J connectivity index is 2.23. The van der Waals surface area contributed by atoms with Crippen molar-refractivity contribution in [1.82, 2.24) is 10.1 Å². The third kappa shape index (κ3) is 1.74. The van der Waals surface area contributed by atoms with Crippen LogP contribution >= 0.6 is 0 Å². The Hall–Kier alpha value is -1.72. The molecule has 0 radical (unpaired) electrons. The average Bonchev–Trinajstić information content (AvgIpc) is 2.71. The molecule has 0 aromatic carbocycles. The van der Waals surface area contributed by atoms with Gasteiger partial charge in [0.25, 0.3) is 5.95 Å². The van der Waals surface area contributed by atoms with E-state index >= 15 is 0 Å². The number of aromatic nitrogens is 2. The summed E-state index contributed by atoms with van der Waals surface area (Å²) >= 11 is 0. The van der Waals surface area contributed by atoms with E-state index in [0.29, 0.717) is 5.89 Å². The molecule has 1 amide bonds. The Kier molecular flexibility index (Phi) is 2.26. The lowest BCUT2D eigenvalue weighted by molar-refractivity contribution is -0.121. The van der Waals surface area contributed by atoms with Crippen LogP contribution in [0.15, 0.2) is 4.52 Å². The fourth-order valence-electron chi connectivity index (χ4n) is 1.34. The van der Waals surface area contributed by atoms with E-state index < -0.39 is 0 Å². The van der Waals surface area contributed by atoms with E-state index in [1.54, 1.807) is 0 Å². The van der Waals surface area contributed by atoms with E-state index in [-0.39, 0.29) is 36.5 Å². The summed E-state index contributed by atoms with van der Waals surface area (Å²) in [4.78, 5) is 27.7. The highest BCUT2D eigenvalue weighted by molar-refractivity contribution is 6.14. The topological polar surface area (TPSA) is 76.3 Å². The van der Waals surface area contributed by atoms with Crippen LogP contribution in [0.4, 0.5) is 5.95 Å². The first-order valence-corrected chi connectivity index (χ1v) is 4.73. The lowest BCUT2D eigenvalue weighted by Crippen LogP contribution is -2.25. The molecule has 1 aromatic rings. The van der Waals surface area contributed by atoms with Gasteiger partial charge >= 0.3 is 0 Å². The SMILES string of the molecule is CC(C)c1nc(N2CC(=O)CC2=O)no1. The Morgan fingerprint density at radius 1 is 1.40 bits per heavy atom. The Morgan fingerprint density at radius 3 is 2.60 bits per heavy atom. The van der Waals surface area contributed by atoms with E-state index in [4.69, 9.17) is 4.52 Å². The number of Topliss-reactive ketones (excluding diaryl/α,β-unsaturated/α-hetero) is 1. The van der Waals surface area contributed by atoms with Crippen molar-refractivity contribution >= 4 is 17.6 Å². The first-order chi connectivity index (χ1) is 7.08. The molecule has 1 aromatic heterocycles. The van der Waals surface area contributed by atoms with Gasteiger partial charge in [-0.05, 0) is 5.16 Å². The number of amides is 1. The van der Waals surface area contributed by atoms with Gasteiger partial charge in [-0.3, -0.25) is 14.5 Å². The minimum atomic E-state index is -0.267. The second kappa shape index (κ2) is 3.45. The molecule has 6 nitrogen and oxygen atoms in total. The lowest BCUT2D eigenvalue weighted by atomic mass is 10.2. The van der Waals surface area contributed by atoms with Gasteiger partial charge < -0.3 is 4.52 Å². The molecule has 2 rings (SSSR count). The molecular weight excluding hydrogens is 198 g/mol. The monoisotopic (exact) mass is 209 g/mol. The third-order valence-corrected chi connectivity index (χ3v) is 2.15. The minimum absolute atomic E-state index is 0.0515. The maximum absolute atomic E-state index is 11.3. The Bertz CT molecular complexity index is 410. The van der Waals surface area contributed by atoms with E-state index in [2.05, 4.69) is 10.1 Å². The molecule has 0 atom stereocenters. The predicted molar refractivity (Wildman–Crippen MR) is 50.4 cm³/mol. The number of rotatable bonds is 2. The van der Waals surface area contributed by atoms with Gasteiger partial charge in [0.05, 0.1) is 13.0 Å². The van der Waals surface area contributed by atoms with Gasteiger partial charge in [-0.2, -0.15) is 4.98 Å². The fourth-order valence-corrected chi connectivity index (χ4v) is 1.34. The minimum Gasteiger partial charge on any atom is -0.337 e. The molecule has 1 aliphatic heterocycles. The van der Waals surface area contributed by atoms with Crippen LogP contribution in [0.2, 0.25) is 0 Å². The van der Waals surface area contributed by atoms with Crippen LogP contribution < -0.4 is 4.90 Å². The summed E-state index contributed by atoms with van der Waals surface area (Å²) in [6.07, 6.45) is -0.0639. The molecule has 80 valence electrons. The number of carbonyl (C=O) groups is 2. The first kappa shape index (κ1) is 9.82. The highest BCUT2D eigenvalue weighted by Gasteiger charge is 2.31. The van der Waals surface area contributed by atoms with Gasteiger partial charge in [-0.25, -0.2) is 0 Å². The molecular formula is C9H11N3O3. The Labute approximate surface area is 86.2 Å². The van der Waals surface area contributed by atoms with Gasteiger partial charge in [0.15, 0.2) is 5.78 Å². The van der Waals surface area contributed by atoms with Crippen molar-refractivity contribution in [3.8, 4) is 0 Å². The summed E-state index contributed by atoms with van der Waals surface area (Å²) in [5.74, 6) is 0.387. The second-order valence-electron chi connectivity index (χ2n) is 3.78. The summed E-state index contributed by atoms with van der Waals surface area (Å²) in [7, 11) is 0. The van der Waals surface area contributed by atoms with Crippen molar-refractivity contribution < 1.29 is 14.1 Å². The number of ketones is 1. The smallest absolute Gasteiger partial charge is 0.273 e. The van der Waals surface area contributed by atoms with Gasteiger partial charge in [0.1, 0.15) is 0 Å². The quantitative estimate of drug-likeness (QED) is 0.663. The second-order valence-corrected chi connectivity index (χ2v) is 3.78. The average molecular weight is 209 g/mol. The number of anilines is 1. The van der Waals surface area contributed by atoms with Crippen LogP contribution in [-0.4, -0.2) is 28.4 Å². The zero-order valence-corrected chi connectivity index (χ0v) is 8.56. The molecule has 0 aliphatic carbocycles. The zero-order valence-electron chi connectivity index (χ0n) is 8.56. The molecule has 0 N–H and O–H groups in total. The van der Waals surface area contributed by atoms with Crippen LogP contribution in [0.5, 0.6) is 0 Å². The molecule has 0 spiro atoms. The summed E-state index contributed by atoms with van der Waals surface area (Å²) < 4.78 is 4.96. The fraction of sp³-hybridized carbons (Fsp3) is 0.556. The van der Waals surface area contributed by atoms with Crippen LogP contribution in [0.3, 0.4) is 0 Å². The zero-order chi connectivity index (χ0) is 11.0. The van der Waals surface area contributed by atoms with E-state index in [1.165, 1.54) is 4.90 Å². The lowest BCUT2D eigenvalue weighted by Gasteiger charge is -2.06. The van der Waals surface area contributed by atoms with E-state index in [1.807, 2.05) is 13.8 Å². The predicted octanol–water partition coefficient (Wildman–Crippen LogP) is 0.499. The van der Waals surface area contributed by atoms with Crippen LogP contribution in [0.1, 0.15) is 32.1 Å². The van der Waals surface area contributed by atoms with Crippen molar-refractivity contribution in [3.05, 3.63) is 5.89 Å². The van der Waals surface area contributed by atoms with Crippen molar-refractivity contribution in [3.63, 3.8) is 0 Å². The number of carbonyl (C=O) groups excluding carboxylic acids is 2. The van der Waals surface area contributed by atoms with Gasteiger partial charge in [0, 0.05) is 5.92 Å². The van der Waals surface area contributed by atoms with Crippen molar-refractivity contribution in [2.75, 3.05) is 11.4 Å². The van der Waals surface area contributed by atoms with Crippen molar-refractivity contribution in [1.29, 1.82) is 0 Å². The Morgan fingerprint density at radius 2 is 2.13 bits per heavy atom. The van der Waals surface area contributed by atoms with E-state index in [0.717, 1.165) is 0 Å². The molecule has 1 saturated heterocycles. The largest absolute Gasteiger partial charge is 0.337 e. The van der Waals surface area contributed by atoms with Crippen LogP contribution in [0, 0.1) is 0 Å². The van der Waals surface area contributed by atoms with Crippen molar-refractivity contribution in [2.24, 2.45) is 0 Å². The molecule has 1 fully saturated rings. The normalized spacial score (nSPS) is 16.9. The summed E-state index contributed by atoms with van der Waals surface area (Å²) in [5.41, 5.74) is 0. The van der Waals surface area contributed by atoms with Crippen molar-refractivity contribution in [2.45, 2.75) is 26.2 Å². The molecule has 2 heterocycles. The molecule has 0 unspecified atom stereocenters. The van der Waals surface area contributed by atoms with E-state index in [9.17, 15) is 9.59 Å². The molecule has 15 heavy (non-hydrogen) atoms. The maximum atomic E-state index is 11.3. The van der Waals surface area contributed by atoms with Gasteiger partial charge in [0.2, 0.25) is 11.8 Å². The summed E-state index contributed by atoms with van der Waals surface area (Å²) in [5, 5.41) is 3.67. The van der Waals surface area contributed by atoms with Crippen LogP contribution in [-0.2, 0) is 9.59 Å². The molecule has 0 bridgehead atoms. The van der Waals surface area contributed by atoms with Gasteiger partial charge in [-0.1, -0.05) is 13.8 Å². The maximum Gasteiger partial charge on any atom is 0.273 e. The first-order valence-electron chi connectivity index (χ1n) is 4.73. The standard InChI is InChI=1S/C9H11N3O3/c1-5(2)8-10-9(11-15-8)12-4-6(13)3-7(12)14/h5H,3-4H2,1-2H3.